The van der Waals surface area contributed by atoms with Crippen LogP contribution in [-0.2, 0) is 20.9 Å². The number of carboxylic acid groups (broad SMARTS) is 1. The Balaban J connectivity index is 1.82. The zero-order valence-corrected chi connectivity index (χ0v) is 24.7. The summed E-state index contributed by atoms with van der Waals surface area (Å²) < 4.78 is 12.4. The van der Waals surface area contributed by atoms with Crippen molar-refractivity contribution in [1.82, 2.24) is 5.32 Å². The van der Waals surface area contributed by atoms with Gasteiger partial charge >= 0.3 is 5.97 Å². The van der Waals surface area contributed by atoms with E-state index in [1.807, 2.05) is 63.4 Å². The van der Waals surface area contributed by atoms with Crippen molar-refractivity contribution in [3.63, 3.8) is 0 Å². The summed E-state index contributed by atoms with van der Waals surface area (Å²) in [5.41, 5.74) is 4.21. The van der Waals surface area contributed by atoms with Crippen LogP contribution in [0.3, 0.4) is 0 Å². The van der Waals surface area contributed by atoms with Crippen LogP contribution in [0.1, 0.15) is 80.3 Å². The molecule has 7 heteroatoms. The summed E-state index contributed by atoms with van der Waals surface area (Å²) in [5.74, 6) is -0.0654. The number of carboxylic acids is 1. The molecule has 2 unspecified atom stereocenters. The number of carbonyl (C=O) groups is 2. The first-order chi connectivity index (χ1) is 18.8. The minimum atomic E-state index is -1.02. The quantitative estimate of drug-likeness (QED) is 0.249. The van der Waals surface area contributed by atoms with Gasteiger partial charge in [-0.2, -0.15) is 11.8 Å². The van der Waals surface area contributed by atoms with Crippen molar-refractivity contribution < 1.29 is 24.2 Å². The van der Waals surface area contributed by atoms with Crippen molar-refractivity contribution in [2.24, 2.45) is 5.92 Å². The van der Waals surface area contributed by atoms with Crippen LogP contribution in [0.5, 0.6) is 0 Å². The molecule has 2 aromatic carbocycles. The Labute approximate surface area is 238 Å². The number of ether oxygens (including phenoxy) is 2. The summed E-state index contributed by atoms with van der Waals surface area (Å²) in [6.45, 7) is 7.11. The number of aryl methyl sites for hydroxylation is 1. The average Bonchev–Trinajstić information content (AvgIpc) is 2.93. The summed E-state index contributed by atoms with van der Waals surface area (Å²) in [7, 11) is 0. The first-order valence-electron chi connectivity index (χ1n) is 14.2. The zero-order valence-electron chi connectivity index (χ0n) is 23.9. The van der Waals surface area contributed by atoms with E-state index in [4.69, 9.17) is 9.47 Å². The highest BCUT2D eigenvalue weighted by atomic mass is 32.2. The predicted molar refractivity (Wildman–Crippen MR) is 159 cm³/mol. The lowest BCUT2D eigenvalue weighted by Gasteiger charge is -2.27. The molecule has 1 aliphatic rings. The largest absolute Gasteiger partial charge is 0.480 e. The van der Waals surface area contributed by atoms with E-state index < -0.39 is 12.0 Å². The van der Waals surface area contributed by atoms with Gasteiger partial charge in [0, 0.05) is 5.56 Å². The number of carbonyl (C=O) groups excluding carboxylic acids is 1. The molecule has 1 fully saturated rings. The van der Waals surface area contributed by atoms with Crippen LogP contribution < -0.4 is 5.32 Å². The number of rotatable bonds is 15. The first-order valence-corrected chi connectivity index (χ1v) is 15.6. The van der Waals surface area contributed by atoms with E-state index >= 15 is 0 Å². The lowest BCUT2D eigenvalue weighted by molar-refractivity contribution is -0.139. The summed E-state index contributed by atoms with van der Waals surface area (Å²) in [5, 5.41) is 12.4. The molecule has 39 heavy (non-hydrogen) atoms. The van der Waals surface area contributed by atoms with Crippen LogP contribution >= 0.6 is 11.8 Å². The fourth-order valence-corrected chi connectivity index (χ4v) is 5.67. The topological polar surface area (TPSA) is 84.9 Å². The summed E-state index contributed by atoms with van der Waals surface area (Å²) >= 11 is 1.56. The molecule has 2 atom stereocenters. The van der Waals surface area contributed by atoms with Gasteiger partial charge in [-0.1, -0.05) is 62.4 Å². The zero-order chi connectivity index (χ0) is 28.2. The molecular formula is C32H45NO5S. The van der Waals surface area contributed by atoms with E-state index in [9.17, 15) is 14.7 Å². The maximum Gasteiger partial charge on any atom is 0.326 e. The van der Waals surface area contributed by atoms with Crippen molar-refractivity contribution >= 4 is 23.6 Å². The van der Waals surface area contributed by atoms with Crippen molar-refractivity contribution in [1.29, 1.82) is 0 Å². The summed E-state index contributed by atoms with van der Waals surface area (Å²) in [6, 6.07) is 12.7. The second kappa shape index (κ2) is 16.0. The second-order valence-corrected chi connectivity index (χ2v) is 11.9. The molecule has 0 spiro atoms. The van der Waals surface area contributed by atoms with Crippen LogP contribution in [0.15, 0.2) is 42.5 Å². The summed E-state index contributed by atoms with van der Waals surface area (Å²) in [6.07, 6.45) is 9.92. The molecule has 0 radical (unpaired) electrons. The Kier molecular flexibility index (Phi) is 12.8. The van der Waals surface area contributed by atoms with Gasteiger partial charge in [-0.05, 0) is 85.9 Å². The predicted octanol–water partition coefficient (Wildman–Crippen LogP) is 6.88. The van der Waals surface area contributed by atoms with E-state index in [2.05, 4.69) is 5.32 Å². The maximum atomic E-state index is 13.3. The molecular weight excluding hydrogens is 510 g/mol. The Morgan fingerprint density at radius 2 is 1.79 bits per heavy atom. The van der Waals surface area contributed by atoms with Gasteiger partial charge in [0.15, 0.2) is 0 Å². The van der Waals surface area contributed by atoms with Crippen molar-refractivity contribution in [2.75, 3.05) is 18.6 Å². The van der Waals surface area contributed by atoms with Gasteiger partial charge in [-0.3, -0.25) is 4.79 Å². The first kappa shape index (κ1) is 31.2. The Bertz CT molecular complexity index is 1070. The average molecular weight is 556 g/mol. The van der Waals surface area contributed by atoms with Gasteiger partial charge < -0.3 is 19.9 Å². The monoisotopic (exact) mass is 555 g/mol. The van der Waals surface area contributed by atoms with Crippen LogP contribution in [0, 0.1) is 12.8 Å². The van der Waals surface area contributed by atoms with E-state index in [0.717, 1.165) is 28.7 Å². The number of nitrogens with one attached hydrogen (secondary N) is 1. The molecule has 0 bridgehead atoms. The molecule has 2 N–H and O–H groups in total. The Hall–Kier alpha value is -2.35. The van der Waals surface area contributed by atoms with Gasteiger partial charge in [0.05, 0.1) is 25.4 Å². The third kappa shape index (κ3) is 9.96. The third-order valence-electron chi connectivity index (χ3n) is 7.40. The molecule has 0 heterocycles. The Morgan fingerprint density at radius 1 is 1.05 bits per heavy atom. The van der Waals surface area contributed by atoms with E-state index in [0.29, 0.717) is 36.9 Å². The van der Waals surface area contributed by atoms with Gasteiger partial charge in [0.2, 0.25) is 0 Å². The van der Waals surface area contributed by atoms with Gasteiger partial charge in [0.1, 0.15) is 6.04 Å². The molecule has 1 saturated carbocycles. The molecule has 0 aliphatic heterocycles. The van der Waals surface area contributed by atoms with Crippen molar-refractivity contribution in [3.05, 3.63) is 59.2 Å². The summed E-state index contributed by atoms with van der Waals surface area (Å²) in [4.78, 5) is 25.1. The lowest BCUT2D eigenvalue weighted by atomic mass is 9.85. The molecule has 0 saturated heterocycles. The molecule has 214 valence electrons. The van der Waals surface area contributed by atoms with Crippen LogP contribution in [-0.4, -0.2) is 53.8 Å². The van der Waals surface area contributed by atoms with Crippen molar-refractivity contribution in [2.45, 2.75) is 90.6 Å². The van der Waals surface area contributed by atoms with Crippen molar-refractivity contribution in [3.8, 4) is 11.1 Å². The van der Waals surface area contributed by atoms with Gasteiger partial charge in [-0.25, -0.2) is 4.79 Å². The molecule has 1 amide bonds. The molecule has 1 aliphatic carbocycles. The standard InChI is InChI=1S/C32H45NO5S/c1-22(2)37-21-26(18-24-11-6-5-7-12-24)38-20-25-14-15-28(29(19-25)27-13-9-8-10-23(27)3)31(34)33-30(32(35)36)16-17-39-4/h8-10,13-15,19,22,24,26,30H,5-7,11-12,16-18,20-21H2,1-4H3,(H,33,34)(H,35,36). The minimum Gasteiger partial charge on any atom is -0.480 e. The van der Waals surface area contributed by atoms with E-state index in [-0.39, 0.29) is 18.1 Å². The van der Waals surface area contributed by atoms with E-state index in [1.54, 1.807) is 17.8 Å². The number of amides is 1. The number of benzene rings is 2. The molecule has 6 nitrogen and oxygen atoms in total. The smallest absolute Gasteiger partial charge is 0.326 e. The van der Waals surface area contributed by atoms with Crippen LogP contribution in [0.4, 0.5) is 0 Å². The lowest BCUT2D eigenvalue weighted by Crippen LogP contribution is -2.41. The third-order valence-corrected chi connectivity index (χ3v) is 8.04. The SMILES string of the molecule is CSCCC(NC(=O)c1ccc(COC(COC(C)C)CC2CCCCC2)cc1-c1ccccc1C)C(=O)O. The fourth-order valence-electron chi connectivity index (χ4n) is 5.20. The molecule has 2 aromatic rings. The highest BCUT2D eigenvalue weighted by molar-refractivity contribution is 7.98. The number of thioether (sulfide) groups is 1. The second-order valence-electron chi connectivity index (χ2n) is 10.9. The molecule has 0 aromatic heterocycles. The van der Waals surface area contributed by atoms with Gasteiger partial charge in [0.25, 0.3) is 5.91 Å². The number of hydrogen-bond donors (Lipinski definition) is 2. The van der Waals surface area contributed by atoms with Crippen LogP contribution in [0.25, 0.3) is 11.1 Å². The molecule has 3 rings (SSSR count). The number of aliphatic carboxylic acids is 1. The fraction of sp³-hybridized carbons (Fsp3) is 0.562. The van der Waals surface area contributed by atoms with E-state index in [1.165, 1.54) is 32.1 Å². The highest BCUT2D eigenvalue weighted by Crippen LogP contribution is 2.31. The number of hydrogen-bond acceptors (Lipinski definition) is 5. The maximum absolute atomic E-state index is 13.3. The highest BCUT2D eigenvalue weighted by Gasteiger charge is 2.24. The normalized spacial score (nSPS) is 15.7. The van der Waals surface area contributed by atoms with Crippen LogP contribution in [0.2, 0.25) is 0 Å². The van der Waals surface area contributed by atoms with Gasteiger partial charge in [-0.15, -0.1) is 0 Å². The minimum absolute atomic E-state index is 0.0214. The Morgan fingerprint density at radius 3 is 2.46 bits per heavy atom.